The van der Waals surface area contributed by atoms with E-state index in [2.05, 4.69) is 0 Å². The summed E-state index contributed by atoms with van der Waals surface area (Å²) in [6, 6.07) is 5.09. The maximum absolute atomic E-state index is 12.2. The third-order valence-corrected chi connectivity index (χ3v) is 4.01. The Morgan fingerprint density at radius 2 is 2.10 bits per heavy atom. The number of ether oxygens (including phenoxy) is 2. The lowest BCUT2D eigenvalue weighted by Crippen LogP contribution is -2.31. The number of imide groups is 1. The van der Waals surface area contributed by atoms with Crippen molar-refractivity contribution in [1.82, 2.24) is 4.90 Å². The van der Waals surface area contributed by atoms with E-state index in [-0.39, 0.29) is 17.7 Å². The second-order valence-corrected chi connectivity index (χ2v) is 5.64. The third-order valence-electron chi connectivity index (χ3n) is 2.87. The molecule has 0 aromatic heterocycles. The molecule has 1 heterocycles. The van der Waals surface area contributed by atoms with E-state index < -0.39 is 0 Å². The van der Waals surface area contributed by atoms with Crippen molar-refractivity contribution in [2.75, 3.05) is 27.4 Å². The number of hydrogen-bond donors (Lipinski definition) is 0. The Labute approximate surface area is 131 Å². The maximum atomic E-state index is 12.2. The fraction of sp³-hybridized carbons (Fsp3) is 0.286. The summed E-state index contributed by atoms with van der Waals surface area (Å²) in [7, 11) is 3.05. The minimum atomic E-state index is -0.330. The molecule has 21 heavy (non-hydrogen) atoms. The molecule has 0 unspecified atom stereocenters. The number of methoxy groups -OCH3 is 2. The summed E-state index contributed by atoms with van der Waals surface area (Å²) in [5.74, 6) is 0.257. The van der Waals surface area contributed by atoms with Gasteiger partial charge in [-0.3, -0.25) is 14.5 Å². The first-order chi connectivity index (χ1) is 10.1. The lowest BCUT2D eigenvalue weighted by molar-refractivity contribution is -0.123. The summed E-state index contributed by atoms with van der Waals surface area (Å²) in [6.07, 6.45) is 1.61. The van der Waals surface area contributed by atoms with Gasteiger partial charge in [-0.2, -0.15) is 0 Å². The van der Waals surface area contributed by atoms with Gasteiger partial charge in [0.05, 0.1) is 25.2 Å². The molecule has 0 saturated carbocycles. The number of carbonyl (C=O) groups is 2. The largest absolute Gasteiger partial charge is 0.496 e. The Morgan fingerprint density at radius 1 is 1.33 bits per heavy atom. The number of nitrogens with zero attached hydrogens (tertiary/aromatic N) is 1. The molecule has 1 fully saturated rings. The molecule has 0 aliphatic carbocycles. The number of rotatable bonds is 5. The van der Waals surface area contributed by atoms with Crippen LogP contribution in [0.4, 0.5) is 4.79 Å². The van der Waals surface area contributed by atoms with E-state index in [9.17, 15) is 9.59 Å². The third kappa shape index (κ3) is 3.58. The number of hydrogen-bond acceptors (Lipinski definition) is 5. The molecule has 0 spiro atoms. The van der Waals surface area contributed by atoms with E-state index in [1.807, 2.05) is 0 Å². The van der Waals surface area contributed by atoms with E-state index in [4.69, 9.17) is 21.1 Å². The Balaban J connectivity index is 2.28. The van der Waals surface area contributed by atoms with Crippen molar-refractivity contribution >= 4 is 40.6 Å². The maximum Gasteiger partial charge on any atom is 0.293 e. The number of thioether (sulfide) groups is 1. The molecule has 112 valence electrons. The first-order valence-corrected chi connectivity index (χ1v) is 7.34. The van der Waals surface area contributed by atoms with E-state index in [1.165, 1.54) is 14.2 Å². The van der Waals surface area contributed by atoms with Gasteiger partial charge in [-0.25, -0.2) is 0 Å². The first kappa shape index (κ1) is 15.9. The molecule has 2 rings (SSSR count). The molecule has 0 bridgehead atoms. The Kier molecular flexibility index (Phi) is 5.27. The van der Waals surface area contributed by atoms with Crippen molar-refractivity contribution in [3.05, 3.63) is 33.7 Å². The number of halogens is 1. The van der Waals surface area contributed by atoms with Crippen molar-refractivity contribution in [3.8, 4) is 5.75 Å². The Bertz CT molecular complexity index is 603. The molecule has 0 N–H and O–H groups in total. The highest BCUT2D eigenvalue weighted by Crippen LogP contribution is 2.34. The first-order valence-electron chi connectivity index (χ1n) is 6.14. The topological polar surface area (TPSA) is 55.8 Å². The highest BCUT2D eigenvalue weighted by molar-refractivity contribution is 8.18. The molecule has 7 heteroatoms. The summed E-state index contributed by atoms with van der Waals surface area (Å²) in [4.78, 5) is 25.5. The van der Waals surface area contributed by atoms with Gasteiger partial charge in [0, 0.05) is 17.7 Å². The summed E-state index contributed by atoms with van der Waals surface area (Å²) in [5, 5.41) is 0.227. The van der Waals surface area contributed by atoms with Crippen LogP contribution in [0, 0.1) is 0 Å². The zero-order valence-electron chi connectivity index (χ0n) is 11.6. The summed E-state index contributed by atoms with van der Waals surface area (Å²) in [6.45, 7) is 0.553. The molecule has 1 saturated heterocycles. The van der Waals surface area contributed by atoms with Gasteiger partial charge in [-0.15, -0.1) is 0 Å². The predicted molar refractivity (Wildman–Crippen MR) is 82.6 cm³/mol. The lowest BCUT2D eigenvalue weighted by Gasteiger charge is -2.10. The highest BCUT2D eigenvalue weighted by atomic mass is 35.5. The Morgan fingerprint density at radius 3 is 2.76 bits per heavy atom. The molecule has 0 radical (unpaired) electrons. The van der Waals surface area contributed by atoms with Gasteiger partial charge in [-0.1, -0.05) is 11.6 Å². The van der Waals surface area contributed by atoms with Gasteiger partial charge in [0.1, 0.15) is 5.75 Å². The number of carbonyl (C=O) groups excluding carboxylic acids is 2. The molecule has 1 aromatic rings. The van der Waals surface area contributed by atoms with E-state index in [1.54, 1.807) is 24.3 Å². The summed E-state index contributed by atoms with van der Waals surface area (Å²) >= 11 is 6.85. The highest BCUT2D eigenvalue weighted by Gasteiger charge is 2.34. The van der Waals surface area contributed by atoms with Gasteiger partial charge < -0.3 is 9.47 Å². The van der Waals surface area contributed by atoms with Crippen LogP contribution in [0.1, 0.15) is 5.56 Å². The van der Waals surface area contributed by atoms with Crippen molar-refractivity contribution in [2.45, 2.75) is 0 Å². The van der Waals surface area contributed by atoms with Gasteiger partial charge in [0.2, 0.25) is 0 Å². The van der Waals surface area contributed by atoms with Crippen molar-refractivity contribution < 1.29 is 19.1 Å². The van der Waals surface area contributed by atoms with E-state index in [0.29, 0.717) is 27.8 Å². The quantitative estimate of drug-likeness (QED) is 0.778. The molecule has 2 amide bonds. The van der Waals surface area contributed by atoms with Crippen LogP contribution in [0.2, 0.25) is 5.02 Å². The van der Waals surface area contributed by atoms with Crippen LogP contribution >= 0.6 is 23.4 Å². The van der Waals surface area contributed by atoms with Crippen LogP contribution in [0.3, 0.4) is 0 Å². The second-order valence-electron chi connectivity index (χ2n) is 4.21. The number of benzene rings is 1. The fourth-order valence-corrected chi connectivity index (χ4v) is 2.87. The van der Waals surface area contributed by atoms with Crippen LogP contribution in [-0.4, -0.2) is 43.4 Å². The van der Waals surface area contributed by atoms with E-state index >= 15 is 0 Å². The van der Waals surface area contributed by atoms with Crippen molar-refractivity contribution in [1.29, 1.82) is 0 Å². The molecule has 1 aromatic carbocycles. The zero-order valence-corrected chi connectivity index (χ0v) is 13.2. The minimum absolute atomic E-state index is 0.241. The summed E-state index contributed by atoms with van der Waals surface area (Å²) < 4.78 is 10.1. The van der Waals surface area contributed by atoms with Crippen molar-refractivity contribution in [2.24, 2.45) is 0 Å². The van der Waals surface area contributed by atoms with Crippen LogP contribution in [0.15, 0.2) is 23.1 Å². The molecule has 0 atom stereocenters. The average molecular weight is 328 g/mol. The lowest BCUT2D eigenvalue weighted by atomic mass is 10.2. The van der Waals surface area contributed by atoms with Crippen LogP contribution in [0.25, 0.3) is 6.08 Å². The van der Waals surface area contributed by atoms with Crippen LogP contribution in [-0.2, 0) is 9.53 Å². The van der Waals surface area contributed by atoms with Crippen LogP contribution in [0.5, 0.6) is 5.75 Å². The smallest absolute Gasteiger partial charge is 0.293 e. The van der Waals surface area contributed by atoms with Crippen LogP contribution < -0.4 is 4.74 Å². The molecule has 1 aliphatic heterocycles. The SMILES string of the molecule is COCCN1C(=O)S/C(=C/c2cc(Cl)ccc2OC)C1=O. The minimum Gasteiger partial charge on any atom is -0.496 e. The molecule has 1 aliphatic rings. The predicted octanol–water partition coefficient (Wildman–Crippen LogP) is 3.03. The monoisotopic (exact) mass is 327 g/mol. The number of amides is 2. The average Bonchev–Trinajstić information content (AvgIpc) is 2.72. The summed E-state index contributed by atoms with van der Waals surface area (Å²) in [5.41, 5.74) is 0.655. The molecular formula is C14H14ClNO4S. The van der Waals surface area contributed by atoms with E-state index in [0.717, 1.165) is 16.7 Å². The molecule has 5 nitrogen and oxygen atoms in total. The van der Waals surface area contributed by atoms with Crippen molar-refractivity contribution in [3.63, 3.8) is 0 Å². The zero-order chi connectivity index (χ0) is 15.4. The fourth-order valence-electron chi connectivity index (χ4n) is 1.83. The normalized spacial score (nSPS) is 16.9. The second kappa shape index (κ2) is 6.98. The standard InChI is InChI=1S/C14H14ClNO4S/c1-19-6-5-16-13(17)12(21-14(16)18)8-9-7-10(15)3-4-11(9)20-2/h3-4,7-8H,5-6H2,1-2H3/b12-8+. The van der Waals surface area contributed by atoms with Gasteiger partial charge in [0.25, 0.3) is 11.1 Å². The van der Waals surface area contributed by atoms with Gasteiger partial charge >= 0.3 is 0 Å². The molecular weight excluding hydrogens is 314 g/mol. The Hall–Kier alpha value is -1.50. The van der Waals surface area contributed by atoms with Gasteiger partial charge in [0.15, 0.2) is 0 Å². The van der Waals surface area contributed by atoms with Gasteiger partial charge in [-0.05, 0) is 36.0 Å².